The van der Waals surface area contributed by atoms with Crippen LogP contribution < -0.4 is 4.74 Å². The molecule has 0 amide bonds. The van der Waals surface area contributed by atoms with Gasteiger partial charge < -0.3 is 24.0 Å². The fourth-order valence-electron chi connectivity index (χ4n) is 3.42. The molecule has 1 saturated heterocycles. The summed E-state index contributed by atoms with van der Waals surface area (Å²) in [5, 5.41) is 23.4. The predicted octanol–water partition coefficient (Wildman–Crippen LogP) is 1.30. The van der Waals surface area contributed by atoms with Crippen LogP contribution in [-0.4, -0.2) is 68.3 Å². The lowest BCUT2D eigenvalue weighted by Gasteiger charge is -2.36. The standard InChI is InChI=1S/C23H26N4O4/c1-2-23-24-9-10-27(23)12-18-11-22(31-25-18)8-5-17-3-6-21(7-4-17)30-16-20(29)15-26-13-19(28)14-26/h3-4,6-7,9-11,19-20,28-29H,2,12-16H2,1H3. The molecular formula is C23H26N4O4. The second-order valence-electron chi connectivity index (χ2n) is 7.62. The fourth-order valence-corrected chi connectivity index (χ4v) is 3.42. The number of hydrogen-bond acceptors (Lipinski definition) is 7. The maximum absolute atomic E-state index is 10.0. The predicted molar refractivity (Wildman–Crippen MR) is 114 cm³/mol. The van der Waals surface area contributed by atoms with Crippen molar-refractivity contribution in [2.24, 2.45) is 0 Å². The van der Waals surface area contributed by atoms with Crippen molar-refractivity contribution < 1.29 is 19.5 Å². The molecule has 1 atom stereocenters. The lowest BCUT2D eigenvalue weighted by molar-refractivity contribution is -0.0293. The monoisotopic (exact) mass is 422 g/mol. The number of aromatic nitrogens is 3. The van der Waals surface area contributed by atoms with Gasteiger partial charge >= 0.3 is 0 Å². The average molecular weight is 422 g/mol. The highest BCUT2D eigenvalue weighted by Gasteiger charge is 2.26. The molecule has 2 aromatic heterocycles. The topological polar surface area (TPSA) is 96.8 Å². The first kappa shape index (κ1) is 21.1. The van der Waals surface area contributed by atoms with Crippen LogP contribution in [0, 0.1) is 11.8 Å². The zero-order valence-corrected chi connectivity index (χ0v) is 17.4. The first-order valence-electron chi connectivity index (χ1n) is 10.4. The van der Waals surface area contributed by atoms with Crippen LogP contribution in [0.3, 0.4) is 0 Å². The first-order valence-corrected chi connectivity index (χ1v) is 10.4. The Balaban J connectivity index is 1.27. The zero-order chi connectivity index (χ0) is 21.6. The molecule has 162 valence electrons. The maximum atomic E-state index is 10.0. The van der Waals surface area contributed by atoms with Gasteiger partial charge in [0.1, 0.15) is 30.0 Å². The lowest BCUT2D eigenvalue weighted by atomic mass is 10.1. The van der Waals surface area contributed by atoms with Gasteiger partial charge in [0.15, 0.2) is 0 Å². The van der Waals surface area contributed by atoms with E-state index in [0.717, 1.165) is 23.5 Å². The Morgan fingerprint density at radius 1 is 1.26 bits per heavy atom. The second-order valence-corrected chi connectivity index (χ2v) is 7.62. The van der Waals surface area contributed by atoms with Crippen molar-refractivity contribution >= 4 is 0 Å². The minimum absolute atomic E-state index is 0.203. The number of imidazole rings is 1. The van der Waals surface area contributed by atoms with Crippen molar-refractivity contribution in [2.75, 3.05) is 26.2 Å². The summed E-state index contributed by atoms with van der Waals surface area (Å²) >= 11 is 0. The average Bonchev–Trinajstić information content (AvgIpc) is 3.39. The van der Waals surface area contributed by atoms with Gasteiger partial charge in [0.05, 0.1) is 12.6 Å². The van der Waals surface area contributed by atoms with Crippen LogP contribution in [0.25, 0.3) is 0 Å². The Bertz CT molecular complexity index is 1040. The molecule has 1 aliphatic heterocycles. The number of rotatable bonds is 8. The smallest absolute Gasteiger partial charge is 0.210 e. The van der Waals surface area contributed by atoms with Crippen LogP contribution in [0.15, 0.2) is 47.2 Å². The van der Waals surface area contributed by atoms with Gasteiger partial charge in [-0.2, -0.15) is 0 Å². The molecule has 8 heteroatoms. The largest absolute Gasteiger partial charge is 0.491 e. The number of β-amino-alcohol motifs (C(OH)–C–C–N with tert-alkyl or cyclic N) is 2. The molecule has 0 bridgehead atoms. The summed E-state index contributed by atoms with van der Waals surface area (Å²) in [5.74, 6) is 8.22. The summed E-state index contributed by atoms with van der Waals surface area (Å²) in [5.41, 5.74) is 1.62. The molecule has 0 aliphatic carbocycles. The SMILES string of the molecule is CCc1nccn1Cc1cc(C#Cc2ccc(OCC(O)CN3CC(O)C3)cc2)on1. The second kappa shape index (κ2) is 9.79. The number of hydrogen-bond donors (Lipinski definition) is 2. The molecule has 4 rings (SSSR count). The molecule has 1 unspecified atom stereocenters. The molecule has 2 N–H and O–H groups in total. The van der Waals surface area contributed by atoms with Crippen LogP contribution in [-0.2, 0) is 13.0 Å². The number of benzene rings is 1. The van der Waals surface area contributed by atoms with E-state index >= 15 is 0 Å². The van der Waals surface area contributed by atoms with E-state index in [-0.39, 0.29) is 12.7 Å². The Hall–Kier alpha value is -3.12. The summed E-state index contributed by atoms with van der Waals surface area (Å²) in [6, 6.07) is 9.19. The highest BCUT2D eigenvalue weighted by Crippen LogP contribution is 2.14. The summed E-state index contributed by atoms with van der Waals surface area (Å²) in [7, 11) is 0. The highest BCUT2D eigenvalue weighted by atomic mass is 16.5. The van der Waals surface area contributed by atoms with Gasteiger partial charge in [-0.05, 0) is 30.2 Å². The van der Waals surface area contributed by atoms with E-state index in [4.69, 9.17) is 9.26 Å². The third-order valence-corrected chi connectivity index (χ3v) is 5.04. The number of aliphatic hydroxyl groups is 2. The Labute approximate surface area is 181 Å². The van der Waals surface area contributed by atoms with E-state index in [2.05, 4.69) is 28.9 Å². The molecule has 1 aliphatic rings. The molecule has 3 heterocycles. The molecule has 3 aromatic rings. The normalized spacial score (nSPS) is 15.2. The van der Waals surface area contributed by atoms with Crippen LogP contribution in [0.2, 0.25) is 0 Å². The van der Waals surface area contributed by atoms with E-state index in [1.807, 2.05) is 46.0 Å². The summed E-state index contributed by atoms with van der Waals surface area (Å²) in [6.45, 7) is 4.59. The summed E-state index contributed by atoms with van der Waals surface area (Å²) in [4.78, 5) is 6.30. The number of aryl methyl sites for hydroxylation is 1. The van der Waals surface area contributed by atoms with Gasteiger partial charge in [0, 0.05) is 50.1 Å². The minimum Gasteiger partial charge on any atom is -0.491 e. The van der Waals surface area contributed by atoms with Crippen molar-refractivity contribution in [3.63, 3.8) is 0 Å². The van der Waals surface area contributed by atoms with E-state index in [1.54, 1.807) is 6.20 Å². The minimum atomic E-state index is -0.594. The highest BCUT2D eigenvalue weighted by molar-refractivity contribution is 5.41. The van der Waals surface area contributed by atoms with Gasteiger partial charge in [0.2, 0.25) is 5.76 Å². The lowest BCUT2D eigenvalue weighted by Crippen LogP contribution is -2.53. The number of likely N-dealkylation sites (tertiary alicyclic amines) is 1. The van der Waals surface area contributed by atoms with Crippen LogP contribution >= 0.6 is 0 Å². The maximum Gasteiger partial charge on any atom is 0.210 e. The first-order chi connectivity index (χ1) is 15.1. The Morgan fingerprint density at radius 3 is 2.81 bits per heavy atom. The van der Waals surface area contributed by atoms with E-state index < -0.39 is 6.10 Å². The molecule has 8 nitrogen and oxygen atoms in total. The van der Waals surface area contributed by atoms with Gasteiger partial charge in [-0.15, -0.1) is 0 Å². The van der Waals surface area contributed by atoms with E-state index in [1.165, 1.54) is 0 Å². The Morgan fingerprint density at radius 2 is 2.06 bits per heavy atom. The van der Waals surface area contributed by atoms with Crippen molar-refractivity contribution in [1.82, 2.24) is 19.6 Å². The molecule has 31 heavy (non-hydrogen) atoms. The third kappa shape index (κ3) is 5.73. The number of ether oxygens (including phenoxy) is 1. The zero-order valence-electron chi connectivity index (χ0n) is 17.4. The van der Waals surface area contributed by atoms with E-state index in [0.29, 0.717) is 37.7 Å². The van der Waals surface area contributed by atoms with Crippen molar-refractivity contribution in [3.8, 4) is 17.6 Å². The van der Waals surface area contributed by atoms with Crippen LogP contribution in [0.1, 0.15) is 29.8 Å². The molecule has 0 saturated carbocycles. The molecular weight excluding hydrogens is 396 g/mol. The summed E-state index contributed by atoms with van der Waals surface area (Å²) < 4.78 is 13.0. The van der Waals surface area contributed by atoms with Gasteiger partial charge in [-0.25, -0.2) is 4.98 Å². The van der Waals surface area contributed by atoms with Crippen LogP contribution in [0.4, 0.5) is 0 Å². The fraction of sp³-hybridized carbons (Fsp3) is 0.391. The van der Waals surface area contributed by atoms with Crippen molar-refractivity contribution in [2.45, 2.75) is 32.1 Å². The van der Waals surface area contributed by atoms with Crippen LogP contribution in [0.5, 0.6) is 5.75 Å². The van der Waals surface area contributed by atoms with Gasteiger partial charge in [-0.1, -0.05) is 18.0 Å². The molecule has 0 spiro atoms. The third-order valence-electron chi connectivity index (χ3n) is 5.04. The number of aliphatic hydroxyl groups excluding tert-OH is 2. The quantitative estimate of drug-likeness (QED) is 0.528. The molecule has 1 fully saturated rings. The van der Waals surface area contributed by atoms with Gasteiger partial charge in [-0.3, -0.25) is 4.90 Å². The van der Waals surface area contributed by atoms with Gasteiger partial charge in [0.25, 0.3) is 0 Å². The van der Waals surface area contributed by atoms with Crippen molar-refractivity contribution in [1.29, 1.82) is 0 Å². The van der Waals surface area contributed by atoms with E-state index in [9.17, 15) is 10.2 Å². The Kier molecular flexibility index (Phi) is 6.67. The number of nitrogens with zero attached hydrogens (tertiary/aromatic N) is 4. The van der Waals surface area contributed by atoms with Crippen molar-refractivity contribution in [3.05, 3.63) is 65.6 Å². The summed E-state index contributed by atoms with van der Waals surface area (Å²) in [6.07, 6.45) is 3.71. The molecule has 1 aromatic carbocycles. The molecule has 0 radical (unpaired) electrons.